The van der Waals surface area contributed by atoms with Crippen molar-refractivity contribution in [3.8, 4) is 0 Å². The molecular formula is C30H53O29P. The van der Waals surface area contributed by atoms with Crippen LogP contribution in [0.5, 0.6) is 0 Å². The van der Waals surface area contributed by atoms with Gasteiger partial charge in [-0.15, -0.1) is 0 Å². The second-order valence-corrected chi connectivity index (χ2v) is 15.8. The van der Waals surface area contributed by atoms with Crippen molar-refractivity contribution >= 4 is 7.82 Å². The van der Waals surface area contributed by atoms with Crippen molar-refractivity contribution in [2.24, 2.45) is 0 Å². The number of hydrogen-bond donors (Lipinski definition) is 18. The molecule has 0 radical (unpaired) electrons. The average Bonchev–Trinajstić information content (AvgIpc) is 3.69. The van der Waals surface area contributed by atoms with E-state index in [0.717, 1.165) is 0 Å². The minimum atomic E-state index is -5.32. The van der Waals surface area contributed by atoms with Crippen LogP contribution in [0.4, 0.5) is 0 Å². The number of aliphatic hydroxyl groups excluding tert-OH is 16. The smallest absolute Gasteiger partial charge is 0.394 e. The molecule has 30 heteroatoms. The lowest BCUT2D eigenvalue weighted by Gasteiger charge is -2.44. The Labute approximate surface area is 337 Å². The number of phosphoric acid groups is 1. The molecule has 0 spiro atoms. The molecule has 5 heterocycles. The van der Waals surface area contributed by atoms with Gasteiger partial charge in [0, 0.05) is 0 Å². The normalized spacial score (nSPS) is 48.9. The van der Waals surface area contributed by atoms with Crippen LogP contribution in [0.25, 0.3) is 0 Å². The van der Waals surface area contributed by atoms with E-state index in [4.69, 9.17) is 42.6 Å². The summed E-state index contributed by atoms with van der Waals surface area (Å²) < 4.78 is 65.4. The summed E-state index contributed by atoms with van der Waals surface area (Å²) in [5, 5.41) is 166. The molecule has 1 unspecified atom stereocenters. The van der Waals surface area contributed by atoms with E-state index in [-0.39, 0.29) is 0 Å². The first kappa shape index (κ1) is 50.1. The Morgan fingerprint density at radius 2 is 0.983 bits per heavy atom. The van der Waals surface area contributed by atoms with Gasteiger partial charge in [0.2, 0.25) is 0 Å². The van der Waals surface area contributed by atoms with Gasteiger partial charge in [0.1, 0.15) is 122 Å². The zero-order chi connectivity index (χ0) is 44.5. The average molecular weight is 909 g/mol. The van der Waals surface area contributed by atoms with Crippen LogP contribution >= 0.6 is 7.82 Å². The van der Waals surface area contributed by atoms with Crippen LogP contribution in [0, 0.1) is 0 Å². The van der Waals surface area contributed by atoms with E-state index >= 15 is 0 Å². The van der Waals surface area contributed by atoms with Crippen LogP contribution in [-0.4, -0.2) is 278 Å². The van der Waals surface area contributed by atoms with Gasteiger partial charge >= 0.3 is 7.82 Å². The van der Waals surface area contributed by atoms with Gasteiger partial charge in [-0.2, -0.15) is 0 Å². The van der Waals surface area contributed by atoms with E-state index in [2.05, 4.69) is 4.52 Å². The van der Waals surface area contributed by atoms with Gasteiger partial charge in [0.15, 0.2) is 31.5 Å². The number of phosphoric ester groups is 1. The molecule has 0 bridgehead atoms. The van der Waals surface area contributed by atoms with E-state index in [9.17, 15) is 96.1 Å². The van der Waals surface area contributed by atoms with Crippen molar-refractivity contribution in [3.63, 3.8) is 0 Å². The maximum atomic E-state index is 11.4. The second kappa shape index (κ2) is 21.0. The Hall–Kier alpha value is -0.890. The molecular weight excluding hydrogens is 855 g/mol. The van der Waals surface area contributed by atoms with Crippen molar-refractivity contribution in [3.05, 3.63) is 0 Å². The van der Waals surface area contributed by atoms with E-state index < -0.39 is 194 Å². The monoisotopic (exact) mass is 908 g/mol. The van der Waals surface area contributed by atoms with E-state index in [1.54, 1.807) is 0 Å². The Balaban J connectivity index is 1.32. The third kappa shape index (κ3) is 10.8. The summed E-state index contributed by atoms with van der Waals surface area (Å²) in [4.78, 5) is 18.4. The molecule has 0 aromatic heterocycles. The minimum Gasteiger partial charge on any atom is -0.394 e. The fourth-order valence-corrected chi connectivity index (χ4v) is 7.79. The van der Waals surface area contributed by atoms with Crippen LogP contribution in [0.15, 0.2) is 0 Å². The maximum Gasteiger partial charge on any atom is 0.470 e. The molecule has 0 saturated carbocycles. The zero-order valence-corrected chi connectivity index (χ0v) is 31.9. The van der Waals surface area contributed by atoms with Crippen molar-refractivity contribution in [1.29, 1.82) is 0 Å². The molecule has 18 N–H and O–H groups in total. The molecule has 5 aliphatic rings. The standard InChI is InChI=1S/C30H53O29P/c31-1-6(35)20-17(43)25(30(54-20)50-5-10-11(37)13(39)15(41)26(46)51-10)58-28-18(44)23(12(38)8(3-33)52-28)56-29-19(45)24(21(55-29)7(36)2-32)57-27-16(42)14(40)22(9(4-34)53-27)59-60(47,48)49/h6-46H,1-5H2,(H2,47,48,49)/t6-,7-,8-,9-,10-,11-,12-,13+,14-,15-,16-,17+,18-,19-,20+,21+,22+,23+,24-,25-,26?,27+,28-,29+,30-/m1/s1. The Kier molecular flexibility index (Phi) is 17.5. The van der Waals surface area contributed by atoms with Gasteiger partial charge in [-0.05, 0) is 0 Å². The quantitative estimate of drug-likeness (QED) is 0.0603. The highest BCUT2D eigenvalue weighted by molar-refractivity contribution is 7.46. The summed E-state index contributed by atoms with van der Waals surface area (Å²) in [6.07, 6.45) is -48.0. The van der Waals surface area contributed by atoms with Gasteiger partial charge in [0.25, 0.3) is 0 Å². The molecule has 0 aromatic rings. The lowest BCUT2D eigenvalue weighted by atomic mass is 9.98. The first-order valence-electron chi connectivity index (χ1n) is 18.4. The summed E-state index contributed by atoms with van der Waals surface area (Å²) in [7, 11) is -5.32. The first-order chi connectivity index (χ1) is 28.2. The summed E-state index contributed by atoms with van der Waals surface area (Å²) in [5.74, 6) is 0. The highest BCUT2D eigenvalue weighted by Gasteiger charge is 2.58. The predicted molar refractivity (Wildman–Crippen MR) is 177 cm³/mol. The van der Waals surface area contributed by atoms with Gasteiger partial charge in [-0.25, -0.2) is 4.57 Å². The molecule has 5 fully saturated rings. The molecule has 5 saturated heterocycles. The van der Waals surface area contributed by atoms with Crippen LogP contribution in [0.2, 0.25) is 0 Å². The molecule has 0 aliphatic carbocycles. The molecule has 60 heavy (non-hydrogen) atoms. The lowest BCUT2D eigenvalue weighted by Crippen LogP contribution is -2.63. The molecule has 25 atom stereocenters. The number of aliphatic hydroxyl groups is 16. The Morgan fingerprint density at radius 3 is 1.58 bits per heavy atom. The van der Waals surface area contributed by atoms with Gasteiger partial charge in [-0.1, -0.05) is 0 Å². The summed E-state index contributed by atoms with van der Waals surface area (Å²) in [6, 6.07) is 0. The number of rotatable bonds is 17. The Bertz CT molecular complexity index is 1380. The van der Waals surface area contributed by atoms with Gasteiger partial charge < -0.3 is 134 Å². The van der Waals surface area contributed by atoms with Crippen molar-refractivity contribution in [2.75, 3.05) is 33.0 Å². The SMILES string of the molecule is O=P(O)(O)O[C@@H]1[C@H](O)[C@@H](O)[C@H](O[C@@H]2[C@@H](O)[C@H](O[C@@H]3[C@@H](O)[C@@H](O[C@H]4[C@H](OC[C@H]5OC(O)[C@H](O)[C@@H](O)[C@@H]5O)O[C@@H]([C@H](O)CO)[C@@H]4O)O[C@H](CO)[C@H]3O)O[C@H]2[C@H](O)CO)O[C@@H]1CO. The molecule has 5 rings (SSSR count). The van der Waals surface area contributed by atoms with Crippen LogP contribution < -0.4 is 0 Å². The number of ether oxygens (including phenoxy) is 9. The highest BCUT2D eigenvalue weighted by Crippen LogP contribution is 2.42. The molecule has 0 amide bonds. The highest BCUT2D eigenvalue weighted by atomic mass is 31.2. The summed E-state index contributed by atoms with van der Waals surface area (Å²) >= 11 is 0. The van der Waals surface area contributed by atoms with Crippen molar-refractivity contribution in [2.45, 2.75) is 154 Å². The molecule has 0 aromatic carbocycles. The molecule has 29 nitrogen and oxygen atoms in total. The number of hydrogen-bond acceptors (Lipinski definition) is 27. The minimum absolute atomic E-state index is 0.746. The lowest BCUT2D eigenvalue weighted by molar-refractivity contribution is -0.350. The van der Waals surface area contributed by atoms with Crippen molar-refractivity contribution in [1.82, 2.24) is 0 Å². The third-order valence-corrected chi connectivity index (χ3v) is 11.0. The van der Waals surface area contributed by atoms with Gasteiger partial charge in [0.05, 0.1) is 33.0 Å². The zero-order valence-electron chi connectivity index (χ0n) is 31.0. The second-order valence-electron chi connectivity index (χ2n) is 14.6. The van der Waals surface area contributed by atoms with Crippen LogP contribution in [0.1, 0.15) is 0 Å². The molecule has 5 aliphatic heterocycles. The summed E-state index contributed by atoms with van der Waals surface area (Å²) in [5.41, 5.74) is 0. The molecule has 352 valence electrons. The van der Waals surface area contributed by atoms with E-state index in [0.29, 0.717) is 0 Å². The predicted octanol–water partition coefficient (Wildman–Crippen LogP) is -11.8. The Morgan fingerprint density at radius 1 is 0.467 bits per heavy atom. The fraction of sp³-hybridized carbons (Fsp3) is 1.00. The van der Waals surface area contributed by atoms with Gasteiger partial charge in [-0.3, -0.25) is 4.52 Å². The van der Waals surface area contributed by atoms with Crippen LogP contribution in [-0.2, 0) is 51.7 Å². The largest absolute Gasteiger partial charge is 0.470 e. The summed E-state index contributed by atoms with van der Waals surface area (Å²) in [6.45, 7) is -4.82. The maximum absolute atomic E-state index is 11.4. The first-order valence-corrected chi connectivity index (χ1v) is 19.9. The van der Waals surface area contributed by atoms with Crippen LogP contribution in [0.3, 0.4) is 0 Å². The van der Waals surface area contributed by atoms with Crippen molar-refractivity contribution < 1.29 is 143 Å². The topological polar surface area (TPSA) is 474 Å². The third-order valence-electron chi connectivity index (χ3n) is 10.5. The fourth-order valence-electron chi connectivity index (χ4n) is 7.21. The van der Waals surface area contributed by atoms with E-state index in [1.807, 2.05) is 0 Å². The van der Waals surface area contributed by atoms with E-state index in [1.165, 1.54) is 0 Å².